The molecule has 1 aromatic carbocycles. The molecule has 1 aromatic heterocycles. The molecule has 1 saturated heterocycles. The summed E-state index contributed by atoms with van der Waals surface area (Å²) < 4.78 is 0. The van der Waals surface area contributed by atoms with Crippen LogP contribution < -0.4 is 49.1 Å². The Kier molecular flexibility index (Phi) is 22.9. The van der Waals surface area contributed by atoms with E-state index in [1.54, 1.807) is 44.2 Å². The van der Waals surface area contributed by atoms with Crippen molar-refractivity contribution < 1.29 is 63.3 Å². The van der Waals surface area contributed by atoms with Gasteiger partial charge >= 0.3 is 17.9 Å². The van der Waals surface area contributed by atoms with Gasteiger partial charge < -0.3 is 74.3 Å². The van der Waals surface area contributed by atoms with Crippen molar-refractivity contribution in [1.29, 1.82) is 0 Å². The molecule has 0 radical (unpaired) electrons. The topological polar surface area (TPSA) is 426 Å². The molecular formula is C45H67N13O13. The monoisotopic (exact) mass is 997 g/mol. The number of carboxylic acids is 3. The number of imidazole rings is 1. The van der Waals surface area contributed by atoms with Crippen molar-refractivity contribution in [2.75, 3.05) is 13.1 Å². The number of carbonyl (C=O) groups is 10. The van der Waals surface area contributed by atoms with Gasteiger partial charge in [0.25, 0.3) is 0 Å². The largest absolute Gasteiger partial charge is 0.481 e. The zero-order chi connectivity index (χ0) is 52.9. The van der Waals surface area contributed by atoms with E-state index in [9.17, 15) is 58.2 Å². The molecule has 1 aliphatic rings. The highest BCUT2D eigenvalue weighted by atomic mass is 16.4. The number of nitrogens with one attached hydrogen (secondary N) is 7. The van der Waals surface area contributed by atoms with E-state index in [4.69, 9.17) is 22.3 Å². The molecule has 2 heterocycles. The Bertz CT molecular complexity index is 2210. The van der Waals surface area contributed by atoms with Crippen LogP contribution in [0.2, 0.25) is 0 Å². The maximum Gasteiger partial charge on any atom is 0.326 e. The number of carboxylic acid groups (broad SMARTS) is 3. The lowest BCUT2D eigenvalue weighted by molar-refractivity contribution is -0.145. The Morgan fingerprint density at radius 2 is 1.37 bits per heavy atom. The lowest BCUT2D eigenvalue weighted by Crippen LogP contribution is -2.62. The van der Waals surface area contributed by atoms with Gasteiger partial charge in [0.1, 0.15) is 42.3 Å². The lowest BCUT2D eigenvalue weighted by Gasteiger charge is -2.32. The zero-order valence-electron chi connectivity index (χ0n) is 40.1. The maximum atomic E-state index is 14.4. The second-order valence-electron chi connectivity index (χ2n) is 17.6. The highest BCUT2D eigenvalue weighted by Crippen LogP contribution is 2.21. The first kappa shape index (κ1) is 57.7. The van der Waals surface area contributed by atoms with E-state index in [0.29, 0.717) is 17.7 Å². The number of hydrogen-bond donors (Lipinski definition) is 13. The van der Waals surface area contributed by atoms with Gasteiger partial charge in [-0.25, -0.2) is 9.78 Å². The Labute approximate surface area is 409 Å². The molecular weight excluding hydrogens is 931 g/mol. The maximum absolute atomic E-state index is 14.4. The minimum absolute atomic E-state index is 0.0185. The van der Waals surface area contributed by atoms with Gasteiger partial charge in [0.2, 0.25) is 41.4 Å². The van der Waals surface area contributed by atoms with E-state index in [1.165, 1.54) is 31.3 Å². The molecule has 0 unspecified atom stereocenters. The van der Waals surface area contributed by atoms with Gasteiger partial charge in [-0.1, -0.05) is 64.4 Å². The quantitative estimate of drug-likeness (QED) is 0.0223. The summed E-state index contributed by atoms with van der Waals surface area (Å²) in [7, 11) is 0. The van der Waals surface area contributed by atoms with Crippen molar-refractivity contribution in [3.63, 3.8) is 0 Å². The number of hydrogen-bond acceptors (Lipinski definition) is 13. The molecule has 390 valence electrons. The number of guanidine groups is 1. The van der Waals surface area contributed by atoms with Crippen molar-refractivity contribution in [3.05, 3.63) is 54.1 Å². The first-order chi connectivity index (χ1) is 33.5. The van der Waals surface area contributed by atoms with E-state index in [0.717, 1.165) is 0 Å². The summed E-state index contributed by atoms with van der Waals surface area (Å²) in [4.78, 5) is 144. The lowest BCUT2D eigenvalue weighted by atomic mass is 9.96. The predicted octanol–water partition coefficient (Wildman–Crippen LogP) is -2.79. The Hall–Kier alpha value is -7.64. The summed E-state index contributed by atoms with van der Waals surface area (Å²) in [5.41, 5.74) is 17.5. The molecule has 9 atom stereocenters. The number of aliphatic imine (C=N–C) groups is 1. The number of rotatable bonds is 29. The summed E-state index contributed by atoms with van der Waals surface area (Å²) in [6.07, 6.45) is 1.76. The average molecular weight is 998 g/mol. The van der Waals surface area contributed by atoms with Crippen LogP contribution in [0.25, 0.3) is 0 Å². The number of H-pyrrole nitrogens is 1. The molecule has 26 nitrogen and oxygen atoms in total. The minimum atomic E-state index is -1.83. The van der Waals surface area contributed by atoms with Crippen LogP contribution in [-0.2, 0) is 60.8 Å². The Balaban J connectivity index is 1.84. The zero-order valence-corrected chi connectivity index (χ0v) is 40.1. The standard InChI is InChI=1S/C45H67N13O13/c1-5-24(4)36(42(68)54-30(18-26-21-49-22-51-26)43(69)58-16-10-14-32(58)40(66)55-31(44(70)71)17-25-11-7-6-8-12-25)57-39(65)29(20-34(61)62)53-41(67)35(23(2)3)56-38(64)28(13-9-15-50-45(47)48)52-37(63)27(46)19-33(59)60/h6-8,11-12,21-24,27-32,35-36H,5,9-10,13-20,46H2,1-4H3,(H,49,51)(H,52,63)(H,53,67)(H,54,68)(H,55,66)(H,56,64)(H,57,65)(H,59,60)(H,61,62)(H,70,71)(H4,47,48,50)/t24-,27-,28-,29-,30-,31-,32-,35-,36-/m0/s1. The summed E-state index contributed by atoms with van der Waals surface area (Å²) in [5.74, 6) is -12.1. The van der Waals surface area contributed by atoms with E-state index in [1.807, 2.05) is 0 Å². The molecule has 1 aliphatic heterocycles. The van der Waals surface area contributed by atoms with E-state index in [-0.39, 0.29) is 57.6 Å². The Morgan fingerprint density at radius 3 is 1.94 bits per heavy atom. The van der Waals surface area contributed by atoms with E-state index in [2.05, 4.69) is 46.9 Å². The van der Waals surface area contributed by atoms with Crippen molar-refractivity contribution in [2.45, 2.75) is 134 Å². The van der Waals surface area contributed by atoms with Crippen LogP contribution in [0.5, 0.6) is 0 Å². The van der Waals surface area contributed by atoms with E-state index < -0.39 is 132 Å². The van der Waals surface area contributed by atoms with Crippen LogP contribution in [0.1, 0.15) is 83.9 Å². The number of amides is 7. The molecule has 71 heavy (non-hydrogen) atoms. The molecule has 7 amide bonds. The second kappa shape index (κ2) is 28.1. The second-order valence-corrected chi connectivity index (χ2v) is 17.6. The van der Waals surface area contributed by atoms with Crippen molar-refractivity contribution >= 4 is 65.2 Å². The fourth-order valence-electron chi connectivity index (χ4n) is 7.62. The van der Waals surface area contributed by atoms with Crippen LogP contribution in [0.15, 0.2) is 47.8 Å². The van der Waals surface area contributed by atoms with Crippen LogP contribution in [0.4, 0.5) is 0 Å². The number of nitrogens with zero attached hydrogens (tertiary/aromatic N) is 3. The number of nitrogens with two attached hydrogens (primary N) is 3. The van der Waals surface area contributed by atoms with Gasteiger partial charge in [-0.15, -0.1) is 0 Å². The van der Waals surface area contributed by atoms with Gasteiger partial charge in [-0.3, -0.25) is 48.1 Å². The third-order valence-corrected chi connectivity index (χ3v) is 11.7. The van der Waals surface area contributed by atoms with Crippen LogP contribution >= 0.6 is 0 Å². The Morgan fingerprint density at radius 1 is 0.761 bits per heavy atom. The van der Waals surface area contributed by atoms with Crippen LogP contribution in [0, 0.1) is 11.8 Å². The first-order valence-corrected chi connectivity index (χ1v) is 23.1. The number of carbonyl (C=O) groups excluding carboxylic acids is 7. The fourth-order valence-corrected chi connectivity index (χ4v) is 7.62. The first-order valence-electron chi connectivity index (χ1n) is 23.1. The molecule has 26 heteroatoms. The third-order valence-electron chi connectivity index (χ3n) is 11.7. The normalized spacial score (nSPS) is 16.6. The number of aromatic nitrogens is 2. The molecule has 2 aromatic rings. The molecule has 16 N–H and O–H groups in total. The highest BCUT2D eigenvalue weighted by molar-refractivity contribution is 5.99. The summed E-state index contributed by atoms with van der Waals surface area (Å²) in [5, 5.41) is 43.9. The smallest absolute Gasteiger partial charge is 0.326 e. The molecule has 0 saturated carbocycles. The molecule has 0 spiro atoms. The fraction of sp³-hybridized carbons (Fsp3) is 0.556. The summed E-state index contributed by atoms with van der Waals surface area (Å²) in [6.45, 7) is 6.52. The number of benzene rings is 1. The highest BCUT2D eigenvalue weighted by Gasteiger charge is 2.41. The van der Waals surface area contributed by atoms with Crippen molar-refractivity contribution in [2.24, 2.45) is 34.0 Å². The van der Waals surface area contributed by atoms with Gasteiger partial charge in [-0.2, -0.15) is 0 Å². The van der Waals surface area contributed by atoms with Gasteiger partial charge in [0.15, 0.2) is 5.96 Å². The van der Waals surface area contributed by atoms with Crippen LogP contribution in [-0.4, -0.2) is 157 Å². The third kappa shape index (κ3) is 18.7. The van der Waals surface area contributed by atoms with Gasteiger partial charge in [0, 0.05) is 37.8 Å². The average Bonchev–Trinajstić information content (AvgIpc) is 4.02. The SMILES string of the molecule is CC[C@H](C)[C@H](NC(=O)[C@H](CC(=O)O)NC(=O)[C@@H](NC(=O)[C@H](CCCN=C(N)N)NC(=O)[C@@H](N)CC(=O)O)C(C)C)C(=O)N[C@@H](Cc1cnc[nH]1)C(=O)N1CCC[C@H]1C(=O)N[C@@H](Cc1ccccc1)C(=O)O. The van der Waals surface area contributed by atoms with Crippen molar-refractivity contribution in [3.8, 4) is 0 Å². The van der Waals surface area contributed by atoms with Crippen molar-refractivity contribution in [1.82, 2.24) is 46.8 Å². The van der Waals surface area contributed by atoms with Gasteiger partial charge in [0.05, 0.1) is 25.2 Å². The van der Waals surface area contributed by atoms with Crippen LogP contribution in [0.3, 0.4) is 0 Å². The summed E-state index contributed by atoms with van der Waals surface area (Å²) in [6, 6.07) is -2.73. The number of aliphatic carboxylic acids is 3. The molecule has 0 aliphatic carbocycles. The molecule has 3 rings (SSSR count). The number of aromatic amines is 1. The molecule has 0 bridgehead atoms. The summed E-state index contributed by atoms with van der Waals surface area (Å²) >= 11 is 0. The van der Waals surface area contributed by atoms with E-state index >= 15 is 0 Å². The number of likely N-dealkylation sites (tertiary alicyclic amines) is 1. The minimum Gasteiger partial charge on any atom is -0.481 e. The van der Waals surface area contributed by atoms with Gasteiger partial charge in [-0.05, 0) is 43.1 Å². The molecule has 1 fully saturated rings. The predicted molar refractivity (Wildman–Crippen MR) is 253 cm³/mol.